The van der Waals surface area contributed by atoms with Gasteiger partial charge in [0.25, 0.3) is 0 Å². The molecule has 0 N–H and O–H groups in total. The van der Waals surface area contributed by atoms with E-state index in [0.29, 0.717) is 6.42 Å². The van der Waals surface area contributed by atoms with E-state index in [4.69, 9.17) is 4.74 Å². The van der Waals surface area contributed by atoms with Crippen molar-refractivity contribution in [2.24, 2.45) is 0 Å². The second-order valence-electron chi connectivity index (χ2n) is 5.04. The molecule has 1 aliphatic rings. The second kappa shape index (κ2) is 6.01. The van der Waals surface area contributed by atoms with Gasteiger partial charge in [0.05, 0.1) is 12.2 Å². The van der Waals surface area contributed by atoms with E-state index < -0.39 is 0 Å². The van der Waals surface area contributed by atoms with Gasteiger partial charge in [-0.1, -0.05) is 30.3 Å². The monoisotopic (exact) mass is 247 g/mol. The number of aryl methyl sites for hydroxylation is 1. The van der Waals surface area contributed by atoms with E-state index in [1.54, 1.807) is 0 Å². The molecule has 0 spiro atoms. The first-order valence-electron chi connectivity index (χ1n) is 6.62. The van der Waals surface area contributed by atoms with Gasteiger partial charge in [0, 0.05) is 19.5 Å². The van der Waals surface area contributed by atoms with Crippen LogP contribution in [0.1, 0.15) is 25.8 Å². The average Bonchev–Trinajstić information content (AvgIpc) is 2.36. The van der Waals surface area contributed by atoms with Crippen molar-refractivity contribution in [2.45, 2.75) is 38.9 Å². The highest BCUT2D eigenvalue weighted by molar-refractivity contribution is 5.76. The fraction of sp³-hybridized carbons (Fsp3) is 0.533. The summed E-state index contributed by atoms with van der Waals surface area (Å²) < 4.78 is 5.64. The lowest BCUT2D eigenvalue weighted by molar-refractivity contribution is -0.143. The van der Waals surface area contributed by atoms with Crippen molar-refractivity contribution in [2.75, 3.05) is 13.1 Å². The number of morpholine rings is 1. The smallest absolute Gasteiger partial charge is 0.223 e. The molecule has 3 nitrogen and oxygen atoms in total. The predicted molar refractivity (Wildman–Crippen MR) is 71.4 cm³/mol. The van der Waals surface area contributed by atoms with E-state index >= 15 is 0 Å². The summed E-state index contributed by atoms with van der Waals surface area (Å²) in [6.45, 7) is 5.48. The summed E-state index contributed by atoms with van der Waals surface area (Å²) in [6, 6.07) is 10.2. The van der Waals surface area contributed by atoms with E-state index in [9.17, 15) is 4.79 Å². The van der Waals surface area contributed by atoms with Gasteiger partial charge in [0.1, 0.15) is 0 Å². The number of carbonyl (C=O) groups excluding carboxylic acids is 1. The van der Waals surface area contributed by atoms with E-state index in [1.807, 2.05) is 36.9 Å². The van der Waals surface area contributed by atoms with Crippen molar-refractivity contribution in [1.82, 2.24) is 4.90 Å². The quantitative estimate of drug-likeness (QED) is 0.820. The molecule has 0 unspecified atom stereocenters. The molecule has 0 aromatic heterocycles. The first-order chi connectivity index (χ1) is 8.65. The topological polar surface area (TPSA) is 29.5 Å². The molecule has 0 aliphatic carbocycles. The summed E-state index contributed by atoms with van der Waals surface area (Å²) in [5.41, 5.74) is 1.22. The Hall–Kier alpha value is -1.35. The number of carbonyl (C=O) groups is 1. The van der Waals surface area contributed by atoms with Crippen LogP contribution < -0.4 is 0 Å². The molecule has 1 aliphatic heterocycles. The Labute approximate surface area is 109 Å². The average molecular weight is 247 g/mol. The third-order valence-corrected chi connectivity index (χ3v) is 3.24. The molecule has 0 radical (unpaired) electrons. The molecule has 3 heteroatoms. The molecule has 1 heterocycles. The maximum atomic E-state index is 12.1. The second-order valence-corrected chi connectivity index (χ2v) is 5.04. The van der Waals surface area contributed by atoms with Crippen LogP contribution in [0.5, 0.6) is 0 Å². The van der Waals surface area contributed by atoms with Crippen molar-refractivity contribution in [3.63, 3.8) is 0 Å². The van der Waals surface area contributed by atoms with E-state index in [2.05, 4.69) is 12.1 Å². The van der Waals surface area contributed by atoms with Crippen LogP contribution in [0.2, 0.25) is 0 Å². The molecule has 18 heavy (non-hydrogen) atoms. The summed E-state index contributed by atoms with van der Waals surface area (Å²) >= 11 is 0. The Morgan fingerprint density at radius 1 is 1.22 bits per heavy atom. The number of ether oxygens (including phenoxy) is 1. The molecule has 2 rings (SSSR count). The summed E-state index contributed by atoms with van der Waals surface area (Å²) in [5, 5.41) is 0. The molecule has 98 valence electrons. The van der Waals surface area contributed by atoms with Crippen LogP contribution in [-0.2, 0) is 16.0 Å². The number of hydrogen-bond acceptors (Lipinski definition) is 2. The lowest BCUT2D eigenvalue weighted by Crippen LogP contribution is -2.48. The third kappa shape index (κ3) is 3.57. The lowest BCUT2D eigenvalue weighted by Gasteiger charge is -2.35. The van der Waals surface area contributed by atoms with Gasteiger partial charge >= 0.3 is 0 Å². The van der Waals surface area contributed by atoms with Gasteiger partial charge in [-0.3, -0.25) is 4.79 Å². The summed E-state index contributed by atoms with van der Waals surface area (Å²) in [7, 11) is 0. The van der Waals surface area contributed by atoms with Crippen LogP contribution in [0.4, 0.5) is 0 Å². The van der Waals surface area contributed by atoms with Crippen LogP contribution >= 0.6 is 0 Å². The van der Waals surface area contributed by atoms with Gasteiger partial charge in [-0.2, -0.15) is 0 Å². The minimum atomic E-state index is 0.148. The molecule has 1 aromatic rings. The Morgan fingerprint density at radius 2 is 1.83 bits per heavy atom. The number of amides is 1. The maximum absolute atomic E-state index is 12.1. The zero-order valence-corrected chi connectivity index (χ0v) is 11.1. The Bertz CT molecular complexity index is 381. The Morgan fingerprint density at radius 3 is 2.44 bits per heavy atom. The van der Waals surface area contributed by atoms with Gasteiger partial charge in [-0.15, -0.1) is 0 Å². The van der Waals surface area contributed by atoms with Crippen molar-refractivity contribution >= 4 is 5.91 Å². The fourth-order valence-corrected chi connectivity index (χ4v) is 2.44. The molecular formula is C15H21NO2. The normalized spacial score (nSPS) is 24.0. The minimum Gasteiger partial charge on any atom is -0.372 e. The van der Waals surface area contributed by atoms with Crippen molar-refractivity contribution in [3.8, 4) is 0 Å². The van der Waals surface area contributed by atoms with E-state index in [1.165, 1.54) is 5.56 Å². The molecule has 1 aromatic carbocycles. The minimum absolute atomic E-state index is 0.148. The number of hydrogen-bond donors (Lipinski definition) is 0. The van der Waals surface area contributed by atoms with Crippen LogP contribution in [0.15, 0.2) is 30.3 Å². The Balaban J connectivity index is 1.84. The third-order valence-electron chi connectivity index (χ3n) is 3.24. The standard InChI is InChI=1S/C15H21NO2/c1-12-10-16(11-13(2)18-12)15(17)9-8-14-6-4-3-5-7-14/h3-7,12-13H,8-11H2,1-2H3/t12-,13-/m1/s1. The molecular weight excluding hydrogens is 226 g/mol. The number of benzene rings is 1. The molecule has 2 atom stereocenters. The van der Waals surface area contributed by atoms with Crippen LogP contribution in [0.25, 0.3) is 0 Å². The molecule has 0 saturated carbocycles. The maximum Gasteiger partial charge on any atom is 0.223 e. The highest BCUT2D eigenvalue weighted by atomic mass is 16.5. The van der Waals surface area contributed by atoms with E-state index in [-0.39, 0.29) is 18.1 Å². The van der Waals surface area contributed by atoms with E-state index in [0.717, 1.165) is 19.5 Å². The van der Waals surface area contributed by atoms with Crippen LogP contribution in [-0.4, -0.2) is 36.1 Å². The zero-order valence-electron chi connectivity index (χ0n) is 11.1. The van der Waals surface area contributed by atoms with Gasteiger partial charge in [0.2, 0.25) is 5.91 Å². The SMILES string of the molecule is C[C@@H]1CN(C(=O)CCc2ccccc2)C[C@@H](C)O1. The number of nitrogens with zero attached hydrogens (tertiary/aromatic N) is 1. The van der Waals surface area contributed by atoms with Crippen molar-refractivity contribution in [3.05, 3.63) is 35.9 Å². The first kappa shape index (κ1) is 13.1. The summed E-state index contributed by atoms with van der Waals surface area (Å²) in [6.07, 6.45) is 1.70. The fourth-order valence-electron chi connectivity index (χ4n) is 2.44. The Kier molecular flexibility index (Phi) is 4.37. The molecule has 0 bridgehead atoms. The van der Waals surface area contributed by atoms with Crippen LogP contribution in [0.3, 0.4) is 0 Å². The molecule has 1 saturated heterocycles. The van der Waals surface area contributed by atoms with Crippen molar-refractivity contribution < 1.29 is 9.53 Å². The highest BCUT2D eigenvalue weighted by Gasteiger charge is 2.25. The number of rotatable bonds is 3. The lowest BCUT2D eigenvalue weighted by atomic mass is 10.1. The van der Waals surface area contributed by atoms with Crippen LogP contribution in [0, 0.1) is 0 Å². The zero-order chi connectivity index (χ0) is 13.0. The first-order valence-corrected chi connectivity index (χ1v) is 6.62. The summed E-state index contributed by atoms with van der Waals surface area (Å²) in [4.78, 5) is 14.1. The van der Waals surface area contributed by atoms with Gasteiger partial charge in [-0.05, 0) is 25.8 Å². The molecule has 1 amide bonds. The molecule has 1 fully saturated rings. The predicted octanol–water partition coefficient (Wildman–Crippen LogP) is 2.25. The largest absolute Gasteiger partial charge is 0.372 e. The highest BCUT2D eigenvalue weighted by Crippen LogP contribution is 2.13. The van der Waals surface area contributed by atoms with Gasteiger partial charge in [-0.25, -0.2) is 0 Å². The van der Waals surface area contributed by atoms with Gasteiger partial charge in [0.15, 0.2) is 0 Å². The van der Waals surface area contributed by atoms with Gasteiger partial charge < -0.3 is 9.64 Å². The van der Waals surface area contributed by atoms with Crippen molar-refractivity contribution in [1.29, 1.82) is 0 Å². The summed E-state index contributed by atoms with van der Waals surface area (Å²) in [5.74, 6) is 0.237.